The topological polar surface area (TPSA) is 47.4 Å². The molecule has 0 atom stereocenters. The average molecular weight is 333 g/mol. The number of imidazole rings is 1. The van der Waals surface area contributed by atoms with E-state index in [1.54, 1.807) is 23.2 Å². The number of aryl methyl sites for hydroxylation is 2. The van der Waals surface area contributed by atoms with Crippen LogP contribution in [0.2, 0.25) is 0 Å². The van der Waals surface area contributed by atoms with E-state index in [4.69, 9.17) is 4.74 Å². The molecule has 0 saturated carbocycles. The van der Waals surface area contributed by atoms with Gasteiger partial charge in [-0.05, 0) is 39.3 Å². The number of ether oxygens (including phenoxy) is 1. The van der Waals surface area contributed by atoms with E-state index in [0.29, 0.717) is 18.5 Å². The number of amides is 1. The SMILES string of the molecule is COc1ccc(N(C(=O)CCCn2ccnc2C)C(C)C)cc1F. The Kier molecular flexibility index (Phi) is 5.95. The quantitative estimate of drug-likeness (QED) is 0.778. The highest BCUT2D eigenvalue weighted by Crippen LogP contribution is 2.25. The minimum absolute atomic E-state index is 0.0210. The number of carbonyl (C=O) groups is 1. The van der Waals surface area contributed by atoms with E-state index in [0.717, 1.165) is 12.4 Å². The van der Waals surface area contributed by atoms with Crippen molar-refractivity contribution >= 4 is 11.6 Å². The molecule has 0 N–H and O–H groups in total. The van der Waals surface area contributed by atoms with E-state index in [-0.39, 0.29) is 17.7 Å². The smallest absolute Gasteiger partial charge is 0.227 e. The van der Waals surface area contributed by atoms with Crippen LogP contribution >= 0.6 is 0 Å². The molecule has 1 aromatic heterocycles. The fraction of sp³-hybridized carbons (Fsp3) is 0.444. The van der Waals surface area contributed by atoms with Crippen molar-refractivity contribution in [3.05, 3.63) is 42.2 Å². The van der Waals surface area contributed by atoms with Crippen LogP contribution in [0.5, 0.6) is 5.75 Å². The van der Waals surface area contributed by atoms with Crippen LogP contribution in [0.3, 0.4) is 0 Å². The molecule has 5 nitrogen and oxygen atoms in total. The van der Waals surface area contributed by atoms with Gasteiger partial charge in [0.2, 0.25) is 5.91 Å². The molecule has 0 bridgehead atoms. The van der Waals surface area contributed by atoms with Gasteiger partial charge in [-0.2, -0.15) is 0 Å². The van der Waals surface area contributed by atoms with Crippen LogP contribution in [-0.4, -0.2) is 28.6 Å². The monoisotopic (exact) mass is 333 g/mol. The van der Waals surface area contributed by atoms with E-state index in [1.165, 1.54) is 13.2 Å². The number of rotatable bonds is 7. The lowest BCUT2D eigenvalue weighted by molar-refractivity contribution is -0.119. The molecule has 1 heterocycles. The van der Waals surface area contributed by atoms with Gasteiger partial charge in [-0.3, -0.25) is 4.79 Å². The predicted octanol–water partition coefficient (Wildman–Crippen LogP) is 3.56. The zero-order chi connectivity index (χ0) is 17.7. The van der Waals surface area contributed by atoms with Crippen molar-refractivity contribution in [3.63, 3.8) is 0 Å². The Morgan fingerprint density at radius 1 is 1.42 bits per heavy atom. The number of halogens is 1. The van der Waals surface area contributed by atoms with Crippen molar-refractivity contribution in [2.45, 2.75) is 46.2 Å². The third-order valence-corrected chi connectivity index (χ3v) is 3.91. The maximum Gasteiger partial charge on any atom is 0.227 e. The average Bonchev–Trinajstić information content (AvgIpc) is 2.93. The zero-order valence-corrected chi connectivity index (χ0v) is 14.6. The fourth-order valence-electron chi connectivity index (χ4n) is 2.70. The Morgan fingerprint density at radius 2 is 2.17 bits per heavy atom. The fourth-order valence-corrected chi connectivity index (χ4v) is 2.70. The molecule has 0 spiro atoms. The molecule has 2 aromatic rings. The van der Waals surface area contributed by atoms with Crippen LogP contribution in [0.15, 0.2) is 30.6 Å². The minimum atomic E-state index is -0.470. The van der Waals surface area contributed by atoms with Gasteiger partial charge in [0.25, 0.3) is 0 Å². The van der Waals surface area contributed by atoms with Crippen LogP contribution in [-0.2, 0) is 11.3 Å². The van der Waals surface area contributed by atoms with E-state index < -0.39 is 5.82 Å². The predicted molar refractivity (Wildman–Crippen MR) is 91.8 cm³/mol. The summed E-state index contributed by atoms with van der Waals surface area (Å²) in [6.45, 7) is 6.50. The molecule has 0 aliphatic rings. The molecular weight excluding hydrogens is 309 g/mol. The summed E-state index contributed by atoms with van der Waals surface area (Å²) in [7, 11) is 1.42. The number of methoxy groups -OCH3 is 1. The number of benzene rings is 1. The van der Waals surface area contributed by atoms with E-state index >= 15 is 0 Å². The Labute approximate surface area is 142 Å². The lowest BCUT2D eigenvalue weighted by Gasteiger charge is -2.27. The lowest BCUT2D eigenvalue weighted by Crippen LogP contribution is -2.37. The van der Waals surface area contributed by atoms with Gasteiger partial charge in [0.05, 0.1) is 7.11 Å². The van der Waals surface area contributed by atoms with Crippen LogP contribution in [0.25, 0.3) is 0 Å². The zero-order valence-electron chi connectivity index (χ0n) is 14.6. The van der Waals surface area contributed by atoms with Crippen molar-refractivity contribution < 1.29 is 13.9 Å². The first-order chi connectivity index (χ1) is 11.4. The highest BCUT2D eigenvalue weighted by Gasteiger charge is 2.20. The molecule has 6 heteroatoms. The molecular formula is C18H24FN3O2. The third kappa shape index (κ3) is 4.13. The van der Waals surface area contributed by atoms with Gasteiger partial charge < -0.3 is 14.2 Å². The number of hydrogen-bond donors (Lipinski definition) is 0. The molecule has 0 radical (unpaired) electrons. The van der Waals surface area contributed by atoms with Gasteiger partial charge in [0.1, 0.15) is 5.82 Å². The first-order valence-corrected chi connectivity index (χ1v) is 8.07. The Bertz CT molecular complexity index is 697. The summed E-state index contributed by atoms with van der Waals surface area (Å²) in [4.78, 5) is 18.4. The van der Waals surface area contributed by atoms with Gasteiger partial charge in [-0.25, -0.2) is 9.37 Å². The third-order valence-electron chi connectivity index (χ3n) is 3.91. The highest BCUT2D eigenvalue weighted by molar-refractivity contribution is 5.93. The number of hydrogen-bond acceptors (Lipinski definition) is 3. The summed E-state index contributed by atoms with van der Waals surface area (Å²) < 4.78 is 20.9. The maximum atomic E-state index is 13.9. The van der Waals surface area contributed by atoms with E-state index in [2.05, 4.69) is 4.98 Å². The van der Waals surface area contributed by atoms with Crippen LogP contribution in [0, 0.1) is 12.7 Å². The van der Waals surface area contributed by atoms with Crippen molar-refractivity contribution in [3.8, 4) is 5.75 Å². The summed E-state index contributed by atoms with van der Waals surface area (Å²) in [6.07, 6.45) is 4.75. The van der Waals surface area contributed by atoms with Crippen LogP contribution in [0.1, 0.15) is 32.5 Å². The maximum absolute atomic E-state index is 13.9. The molecule has 0 fully saturated rings. The summed E-state index contributed by atoms with van der Waals surface area (Å²) in [5.41, 5.74) is 0.548. The second kappa shape index (κ2) is 7.95. The minimum Gasteiger partial charge on any atom is -0.494 e. The summed E-state index contributed by atoms with van der Waals surface area (Å²) in [5.74, 6) is 0.612. The van der Waals surface area contributed by atoms with Crippen molar-refractivity contribution in [1.29, 1.82) is 0 Å². The van der Waals surface area contributed by atoms with Crippen molar-refractivity contribution in [2.24, 2.45) is 0 Å². The number of nitrogens with zero attached hydrogens (tertiary/aromatic N) is 3. The molecule has 1 amide bonds. The Balaban J connectivity index is 2.05. The summed E-state index contributed by atoms with van der Waals surface area (Å²) in [6, 6.07) is 4.54. The molecule has 130 valence electrons. The first-order valence-electron chi connectivity index (χ1n) is 8.07. The summed E-state index contributed by atoms with van der Waals surface area (Å²) in [5, 5.41) is 0. The number of carbonyl (C=O) groups excluding carboxylic acids is 1. The molecule has 1 aromatic carbocycles. The molecule has 0 unspecified atom stereocenters. The van der Waals surface area contributed by atoms with Crippen LogP contribution < -0.4 is 9.64 Å². The number of aromatic nitrogens is 2. The van der Waals surface area contributed by atoms with Gasteiger partial charge in [-0.15, -0.1) is 0 Å². The molecule has 2 rings (SSSR count). The largest absolute Gasteiger partial charge is 0.494 e. The summed E-state index contributed by atoms with van der Waals surface area (Å²) >= 11 is 0. The standard InChI is InChI=1S/C18H24FN3O2/c1-13(2)22(15-7-8-17(24-4)16(19)12-15)18(23)6-5-10-21-11-9-20-14(21)3/h7-9,11-13H,5-6,10H2,1-4H3. The lowest BCUT2D eigenvalue weighted by atomic mass is 10.2. The van der Waals surface area contributed by atoms with Crippen molar-refractivity contribution in [1.82, 2.24) is 9.55 Å². The normalized spacial score (nSPS) is 10.9. The van der Waals surface area contributed by atoms with Crippen molar-refractivity contribution in [2.75, 3.05) is 12.0 Å². The first kappa shape index (κ1) is 18.0. The van der Waals surface area contributed by atoms with Gasteiger partial charge >= 0.3 is 0 Å². The second-order valence-electron chi connectivity index (χ2n) is 5.95. The number of anilines is 1. The highest BCUT2D eigenvalue weighted by atomic mass is 19.1. The Hall–Kier alpha value is -2.37. The van der Waals surface area contributed by atoms with Gasteiger partial charge in [0, 0.05) is 43.2 Å². The molecule has 0 aliphatic heterocycles. The van der Waals surface area contributed by atoms with E-state index in [1.807, 2.05) is 31.5 Å². The van der Waals surface area contributed by atoms with Gasteiger partial charge in [0.15, 0.2) is 11.6 Å². The molecule has 0 aliphatic carbocycles. The molecule has 24 heavy (non-hydrogen) atoms. The van der Waals surface area contributed by atoms with E-state index in [9.17, 15) is 9.18 Å². The van der Waals surface area contributed by atoms with Gasteiger partial charge in [-0.1, -0.05) is 0 Å². The van der Waals surface area contributed by atoms with Crippen LogP contribution in [0.4, 0.5) is 10.1 Å². The second-order valence-corrected chi connectivity index (χ2v) is 5.95. The molecule has 0 saturated heterocycles. The Morgan fingerprint density at radius 3 is 2.71 bits per heavy atom.